The monoisotopic (exact) mass is 396 g/mol. The van der Waals surface area contributed by atoms with Gasteiger partial charge in [-0.05, 0) is 37.3 Å². The Morgan fingerprint density at radius 1 is 1.34 bits per heavy atom. The predicted octanol–water partition coefficient (Wildman–Crippen LogP) is 2.73. The van der Waals surface area contributed by atoms with E-state index in [1.807, 2.05) is 0 Å². The molecule has 1 aliphatic carbocycles. The van der Waals surface area contributed by atoms with E-state index in [1.54, 1.807) is 42.3 Å². The number of hydrogen-bond donors (Lipinski definition) is 1. The Morgan fingerprint density at radius 2 is 2.24 bits per heavy atom. The van der Waals surface area contributed by atoms with Crippen molar-refractivity contribution in [3.8, 4) is 17.1 Å². The van der Waals surface area contributed by atoms with Crippen LogP contribution in [0.2, 0.25) is 0 Å². The number of benzene rings is 1. The van der Waals surface area contributed by atoms with Gasteiger partial charge in [0.15, 0.2) is 11.5 Å². The Balaban J connectivity index is 1.45. The maximum Gasteiger partial charge on any atom is 0.276 e. The molecule has 29 heavy (non-hydrogen) atoms. The number of hydrogen-bond acceptors (Lipinski definition) is 8. The van der Waals surface area contributed by atoms with Gasteiger partial charge in [-0.15, -0.1) is 10.2 Å². The fourth-order valence-electron chi connectivity index (χ4n) is 4.44. The fraction of sp³-hybridized carbons (Fsp3) is 0.400. The summed E-state index contributed by atoms with van der Waals surface area (Å²) in [7, 11) is 1.56. The smallest absolute Gasteiger partial charge is 0.276 e. The van der Waals surface area contributed by atoms with Gasteiger partial charge in [0.05, 0.1) is 0 Å². The average Bonchev–Trinajstić information content (AvgIpc) is 3.41. The summed E-state index contributed by atoms with van der Waals surface area (Å²) in [6, 6.07) is 8.21. The van der Waals surface area contributed by atoms with Crippen molar-refractivity contribution in [2.75, 3.05) is 13.7 Å². The highest BCUT2D eigenvalue weighted by Crippen LogP contribution is 2.56. The van der Waals surface area contributed by atoms with E-state index >= 15 is 0 Å². The van der Waals surface area contributed by atoms with Crippen molar-refractivity contribution in [3.63, 3.8) is 0 Å². The number of aromatic hydroxyl groups is 1. The summed E-state index contributed by atoms with van der Waals surface area (Å²) in [6.45, 7) is 0.831. The summed E-state index contributed by atoms with van der Waals surface area (Å²) in [5.41, 5.74) is 0.280. The number of phenols is 1. The third-order valence-corrected chi connectivity index (χ3v) is 5.94. The van der Waals surface area contributed by atoms with E-state index in [9.17, 15) is 9.90 Å². The Hall–Kier alpha value is -3.20. The SMILES string of the molecule is COCc1nnc([C@]23CC[C@H]2CCN3C(=O)c2cc(-c3cccc(O)c3)on2)o1. The van der Waals surface area contributed by atoms with Crippen molar-refractivity contribution >= 4 is 5.91 Å². The summed E-state index contributed by atoms with van der Waals surface area (Å²) in [5, 5.41) is 21.9. The van der Waals surface area contributed by atoms with Crippen molar-refractivity contribution in [1.82, 2.24) is 20.3 Å². The molecule has 0 unspecified atom stereocenters. The third kappa shape index (κ3) is 2.72. The van der Waals surface area contributed by atoms with Crippen LogP contribution in [0.4, 0.5) is 0 Å². The van der Waals surface area contributed by atoms with Crippen LogP contribution in [-0.4, -0.2) is 44.9 Å². The van der Waals surface area contributed by atoms with Crippen molar-refractivity contribution in [2.24, 2.45) is 5.92 Å². The second-order valence-corrected chi connectivity index (χ2v) is 7.47. The van der Waals surface area contributed by atoms with Gasteiger partial charge in [0, 0.05) is 25.3 Å². The Labute approximate surface area is 166 Å². The quantitative estimate of drug-likeness (QED) is 0.700. The number of rotatable bonds is 5. The van der Waals surface area contributed by atoms with Gasteiger partial charge in [-0.1, -0.05) is 17.3 Å². The number of phenolic OH excluding ortho intramolecular Hbond substituents is 1. The summed E-state index contributed by atoms with van der Waals surface area (Å²) in [5.74, 6) is 1.46. The Bertz CT molecular complexity index is 1060. The highest BCUT2D eigenvalue weighted by molar-refractivity contribution is 5.94. The van der Waals surface area contributed by atoms with E-state index in [-0.39, 0.29) is 24.0 Å². The Kier molecular flexibility index (Phi) is 4.13. The zero-order chi connectivity index (χ0) is 20.0. The lowest BCUT2D eigenvalue weighted by Gasteiger charge is -2.46. The zero-order valence-electron chi connectivity index (χ0n) is 15.9. The van der Waals surface area contributed by atoms with Gasteiger partial charge in [0.25, 0.3) is 5.91 Å². The van der Waals surface area contributed by atoms with Gasteiger partial charge in [0.2, 0.25) is 11.8 Å². The van der Waals surface area contributed by atoms with E-state index in [0.29, 0.717) is 35.6 Å². The number of likely N-dealkylation sites (tertiary alicyclic amines) is 1. The van der Waals surface area contributed by atoms with Crippen LogP contribution >= 0.6 is 0 Å². The first-order valence-corrected chi connectivity index (χ1v) is 9.51. The molecule has 1 N–H and O–H groups in total. The maximum absolute atomic E-state index is 13.3. The number of carbonyl (C=O) groups is 1. The van der Waals surface area contributed by atoms with Gasteiger partial charge in [-0.2, -0.15) is 0 Å². The molecule has 1 saturated carbocycles. The number of ether oxygens (including phenoxy) is 1. The van der Waals surface area contributed by atoms with Gasteiger partial charge in [0.1, 0.15) is 17.9 Å². The van der Waals surface area contributed by atoms with Crippen LogP contribution in [0.5, 0.6) is 5.75 Å². The van der Waals surface area contributed by atoms with Crippen LogP contribution in [0.25, 0.3) is 11.3 Å². The topological polar surface area (TPSA) is 115 Å². The summed E-state index contributed by atoms with van der Waals surface area (Å²) >= 11 is 0. The van der Waals surface area contributed by atoms with Crippen LogP contribution < -0.4 is 0 Å². The van der Waals surface area contributed by atoms with Crippen LogP contribution in [0, 0.1) is 5.92 Å². The van der Waals surface area contributed by atoms with Crippen molar-refractivity contribution in [3.05, 3.63) is 47.8 Å². The molecule has 1 saturated heterocycles. The molecular formula is C20H20N4O5. The fourth-order valence-corrected chi connectivity index (χ4v) is 4.44. The standard InChI is InChI=1S/C20H20N4O5/c1-27-11-17-21-22-19(28-17)20-7-5-13(20)6-8-24(20)18(26)15-10-16(29-23-15)12-3-2-4-14(25)9-12/h2-4,9-10,13,25H,5-8,11H2,1H3/t13-,20-/m0/s1. The molecular weight excluding hydrogens is 376 g/mol. The minimum atomic E-state index is -0.583. The highest BCUT2D eigenvalue weighted by Gasteiger charge is 2.61. The molecule has 0 spiro atoms. The summed E-state index contributed by atoms with van der Waals surface area (Å²) in [4.78, 5) is 15.1. The van der Waals surface area contributed by atoms with Gasteiger partial charge in [-0.3, -0.25) is 4.79 Å². The Morgan fingerprint density at radius 3 is 3.00 bits per heavy atom. The molecule has 1 aliphatic heterocycles. The second-order valence-electron chi connectivity index (χ2n) is 7.47. The lowest BCUT2D eigenvalue weighted by molar-refractivity contribution is -0.00516. The molecule has 1 amide bonds. The number of fused-ring (bicyclic) bond motifs is 1. The molecule has 9 heteroatoms. The molecule has 2 atom stereocenters. The predicted molar refractivity (Wildman–Crippen MR) is 98.7 cm³/mol. The molecule has 2 fully saturated rings. The van der Waals surface area contributed by atoms with E-state index < -0.39 is 5.54 Å². The second kappa shape index (κ2) is 6.70. The zero-order valence-corrected chi connectivity index (χ0v) is 15.9. The van der Waals surface area contributed by atoms with Crippen LogP contribution in [-0.2, 0) is 16.9 Å². The van der Waals surface area contributed by atoms with E-state index in [0.717, 1.165) is 19.3 Å². The van der Waals surface area contributed by atoms with Gasteiger partial charge >= 0.3 is 0 Å². The van der Waals surface area contributed by atoms with Crippen LogP contribution in [0.1, 0.15) is 41.5 Å². The summed E-state index contributed by atoms with van der Waals surface area (Å²) in [6.07, 6.45) is 2.67. The minimum Gasteiger partial charge on any atom is -0.508 e. The van der Waals surface area contributed by atoms with Crippen molar-refractivity contribution in [2.45, 2.75) is 31.4 Å². The average molecular weight is 396 g/mol. The van der Waals surface area contributed by atoms with Gasteiger partial charge in [-0.25, -0.2) is 0 Å². The molecule has 0 radical (unpaired) electrons. The van der Waals surface area contributed by atoms with Gasteiger partial charge < -0.3 is 23.7 Å². The minimum absolute atomic E-state index is 0.117. The number of amides is 1. The molecule has 9 nitrogen and oxygen atoms in total. The number of aromatic nitrogens is 3. The normalized spacial score (nSPS) is 23.1. The molecule has 3 aromatic rings. The first-order valence-electron chi connectivity index (χ1n) is 9.51. The number of methoxy groups -OCH3 is 1. The highest BCUT2D eigenvalue weighted by atomic mass is 16.5. The lowest BCUT2D eigenvalue weighted by atomic mass is 9.67. The van der Waals surface area contributed by atoms with Crippen molar-refractivity contribution in [1.29, 1.82) is 0 Å². The summed E-state index contributed by atoms with van der Waals surface area (Å²) < 4.78 is 16.3. The molecule has 1 aromatic carbocycles. The lowest BCUT2D eigenvalue weighted by Crippen LogP contribution is -2.54. The molecule has 150 valence electrons. The van der Waals surface area contributed by atoms with Crippen LogP contribution in [0.3, 0.4) is 0 Å². The van der Waals surface area contributed by atoms with E-state index in [1.165, 1.54) is 0 Å². The third-order valence-electron chi connectivity index (χ3n) is 5.94. The van der Waals surface area contributed by atoms with E-state index in [4.69, 9.17) is 13.7 Å². The first-order chi connectivity index (χ1) is 14.1. The van der Waals surface area contributed by atoms with E-state index in [2.05, 4.69) is 15.4 Å². The maximum atomic E-state index is 13.3. The molecule has 3 heterocycles. The molecule has 2 aliphatic rings. The first kappa shape index (κ1) is 17.9. The largest absolute Gasteiger partial charge is 0.508 e. The molecule has 0 bridgehead atoms. The molecule has 5 rings (SSSR count). The number of nitrogens with zero attached hydrogens (tertiary/aromatic N) is 4. The molecule has 2 aromatic heterocycles. The van der Waals surface area contributed by atoms with Crippen molar-refractivity contribution < 1.29 is 23.6 Å². The van der Waals surface area contributed by atoms with Crippen LogP contribution in [0.15, 0.2) is 39.3 Å². The number of carbonyl (C=O) groups excluding carboxylic acids is 1.